The van der Waals surface area contributed by atoms with Crippen molar-refractivity contribution in [3.05, 3.63) is 69.7 Å². The largest absolute Gasteiger partial charge is 0.454 e. The predicted molar refractivity (Wildman–Crippen MR) is 141 cm³/mol. The van der Waals surface area contributed by atoms with Gasteiger partial charge in [0.15, 0.2) is 16.6 Å². The molecule has 2 fully saturated rings. The van der Waals surface area contributed by atoms with Gasteiger partial charge >= 0.3 is 0 Å². The van der Waals surface area contributed by atoms with Crippen LogP contribution in [-0.2, 0) is 5.54 Å². The van der Waals surface area contributed by atoms with E-state index in [2.05, 4.69) is 46.8 Å². The van der Waals surface area contributed by atoms with Gasteiger partial charge in [0.25, 0.3) is 0 Å². The van der Waals surface area contributed by atoms with Gasteiger partial charge in [-0.3, -0.25) is 0 Å². The van der Waals surface area contributed by atoms with Crippen LogP contribution < -0.4 is 20.1 Å². The lowest BCUT2D eigenvalue weighted by Gasteiger charge is -2.23. The Kier molecular flexibility index (Phi) is 6.35. The number of benzene rings is 2. The Morgan fingerprint density at radius 3 is 2.86 bits per heavy atom. The van der Waals surface area contributed by atoms with Gasteiger partial charge in [0.05, 0.1) is 11.6 Å². The molecule has 1 saturated heterocycles. The quantitative estimate of drug-likeness (QED) is 0.380. The molecular formula is C27H31ClN4O2S. The second-order valence-electron chi connectivity index (χ2n) is 9.82. The lowest BCUT2D eigenvalue weighted by Crippen LogP contribution is -2.31. The fourth-order valence-electron chi connectivity index (χ4n) is 5.30. The number of fused-ring (bicyclic) bond motifs is 1. The highest BCUT2D eigenvalue weighted by molar-refractivity contribution is 7.15. The normalized spacial score (nSPS) is 21.3. The van der Waals surface area contributed by atoms with Gasteiger partial charge in [0, 0.05) is 22.1 Å². The predicted octanol–water partition coefficient (Wildman–Crippen LogP) is 5.79. The molecule has 2 aliphatic heterocycles. The van der Waals surface area contributed by atoms with Crippen LogP contribution in [0.25, 0.3) is 0 Å². The fourth-order valence-corrected chi connectivity index (χ4v) is 6.55. The second kappa shape index (κ2) is 9.62. The van der Waals surface area contributed by atoms with Crippen molar-refractivity contribution in [2.75, 3.05) is 32.2 Å². The van der Waals surface area contributed by atoms with E-state index in [1.165, 1.54) is 29.8 Å². The molecule has 8 heteroatoms. The van der Waals surface area contributed by atoms with Crippen molar-refractivity contribution >= 4 is 28.1 Å². The van der Waals surface area contributed by atoms with Crippen LogP contribution in [0.2, 0.25) is 5.02 Å². The molecule has 0 spiro atoms. The molecule has 184 valence electrons. The minimum atomic E-state index is -0.0868. The highest BCUT2D eigenvalue weighted by atomic mass is 35.5. The molecule has 6 nitrogen and oxygen atoms in total. The molecule has 2 unspecified atom stereocenters. The van der Waals surface area contributed by atoms with Crippen LogP contribution in [-0.4, -0.2) is 42.9 Å². The summed E-state index contributed by atoms with van der Waals surface area (Å²) in [5, 5.41) is 9.24. The topological polar surface area (TPSA) is 58.7 Å². The second-order valence-corrected chi connectivity index (χ2v) is 11.3. The number of halogens is 1. The average Bonchev–Trinajstić information content (AvgIpc) is 3.20. The molecule has 6 rings (SSSR count). The Labute approximate surface area is 215 Å². The maximum Gasteiger partial charge on any atom is 0.231 e. The standard InChI is InChI=1S/C27H31ClN4O2S/c1-32-14-4-5-19(32)10-13-29-25(20-6-2-3-7-21(20)28)24-16-30-26(35-24)31-27(11-12-27)18-8-9-22-23(15-18)34-17-33-22/h2-3,6-9,15-16,19,25,29H,4-5,10-14,17H2,1H3,(H,30,31). The first-order valence-corrected chi connectivity index (χ1v) is 13.6. The number of hydrogen-bond donors (Lipinski definition) is 2. The van der Waals surface area contributed by atoms with E-state index in [1.54, 1.807) is 11.3 Å². The monoisotopic (exact) mass is 510 g/mol. The van der Waals surface area contributed by atoms with Crippen molar-refractivity contribution in [1.29, 1.82) is 0 Å². The zero-order valence-corrected chi connectivity index (χ0v) is 21.5. The summed E-state index contributed by atoms with van der Waals surface area (Å²) in [6.07, 6.45) is 7.85. The molecular weight excluding hydrogens is 480 g/mol. The molecule has 3 aliphatic rings. The summed E-state index contributed by atoms with van der Waals surface area (Å²) in [6, 6.07) is 15.0. The summed E-state index contributed by atoms with van der Waals surface area (Å²) >= 11 is 8.35. The lowest BCUT2D eigenvalue weighted by atomic mass is 10.0. The number of thiazole rings is 1. The van der Waals surface area contributed by atoms with Crippen molar-refractivity contribution in [2.45, 2.75) is 49.7 Å². The van der Waals surface area contributed by atoms with Crippen molar-refractivity contribution < 1.29 is 9.47 Å². The summed E-state index contributed by atoms with van der Waals surface area (Å²) in [4.78, 5) is 8.42. The number of nitrogens with one attached hydrogen (secondary N) is 2. The van der Waals surface area contributed by atoms with Crippen LogP contribution in [0.15, 0.2) is 48.7 Å². The van der Waals surface area contributed by atoms with Crippen LogP contribution in [0.1, 0.15) is 54.1 Å². The molecule has 35 heavy (non-hydrogen) atoms. The number of ether oxygens (including phenoxy) is 2. The summed E-state index contributed by atoms with van der Waals surface area (Å²) in [7, 11) is 2.23. The molecule has 0 amide bonds. The van der Waals surface area contributed by atoms with Gasteiger partial charge in [-0.05, 0) is 81.6 Å². The van der Waals surface area contributed by atoms with Gasteiger partial charge in [0.1, 0.15) is 0 Å². The first-order chi connectivity index (χ1) is 17.1. The SMILES string of the molecule is CN1CCCC1CCNC(c1cnc(NC2(c3ccc4c(c3)OCO4)CC2)s1)c1ccccc1Cl. The Hall–Kier alpha value is -2.32. The van der Waals surface area contributed by atoms with E-state index in [-0.39, 0.29) is 11.6 Å². The van der Waals surface area contributed by atoms with Gasteiger partial charge < -0.3 is 25.0 Å². The Bertz CT molecular complexity index is 1200. The Morgan fingerprint density at radius 1 is 1.20 bits per heavy atom. The third kappa shape index (κ3) is 4.75. The average molecular weight is 511 g/mol. The van der Waals surface area contributed by atoms with Crippen molar-refractivity contribution in [1.82, 2.24) is 15.2 Å². The van der Waals surface area contributed by atoms with Crippen LogP contribution in [0.5, 0.6) is 11.5 Å². The van der Waals surface area contributed by atoms with E-state index in [9.17, 15) is 0 Å². The van der Waals surface area contributed by atoms with E-state index in [0.29, 0.717) is 12.8 Å². The molecule has 1 saturated carbocycles. The molecule has 2 aromatic carbocycles. The number of hydrogen-bond acceptors (Lipinski definition) is 7. The summed E-state index contributed by atoms with van der Waals surface area (Å²) < 4.78 is 11.1. The maximum absolute atomic E-state index is 6.65. The minimum absolute atomic E-state index is 0.0177. The third-order valence-electron chi connectivity index (χ3n) is 7.54. The van der Waals surface area contributed by atoms with Gasteiger partial charge in [-0.1, -0.05) is 35.9 Å². The molecule has 1 aromatic heterocycles. The lowest BCUT2D eigenvalue weighted by molar-refractivity contribution is 0.174. The van der Waals surface area contributed by atoms with Gasteiger partial charge in [-0.25, -0.2) is 4.98 Å². The van der Waals surface area contributed by atoms with Crippen LogP contribution in [0.4, 0.5) is 5.13 Å². The Balaban J connectivity index is 1.20. The number of aromatic nitrogens is 1. The molecule has 3 aromatic rings. The van der Waals surface area contributed by atoms with Gasteiger partial charge in [-0.2, -0.15) is 0 Å². The minimum Gasteiger partial charge on any atom is -0.454 e. The fraction of sp³-hybridized carbons (Fsp3) is 0.444. The molecule has 0 radical (unpaired) electrons. The highest BCUT2D eigenvalue weighted by Gasteiger charge is 2.45. The van der Waals surface area contributed by atoms with E-state index >= 15 is 0 Å². The zero-order chi connectivity index (χ0) is 23.8. The maximum atomic E-state index is 6.65. The zero-order valence-electron chi connectivity index (χ0n) is 19.9. The smallest absolute Gasteiger partial charge is 0.231 e. The molecule has 2 N–H and O–H groups in total. The van der Waals surface area contributed by atoms with E-state index in [1.807, 2.05) is 24.4 Å². The van der Waals surface area contributed by atoms with Crippen LogP contribution in [0.3, 0.4) is 0 Å². The first-order valence-electron chi connectivity index (χ1n) is 12.4. The number of nitrogens with zero attached hydrogens (tertiary/aromatic N) is 2. The summed E-state index contributed by atoms with van der Waals surface area (Å²) in [5.74, 6) is 1.64. The summed E-state index contributed by atoms with van der Waals surface area (Å²) in [5.41, 5.74) is 2.23. The van der Waals surface area contributed by atoms with E-state index in [4.69, 9.17) is 26.1 Å². The molecule has 1 aliphatic carbocycles. The third-order valence-corrected chi connectivity index (χ3v) is 8.87. The highest BCUT2D eigenvalue weighted by Crippen LogP contribution is 2.51. The van der Waals surface area contributed by atoms with Crippen molar-refractivity contribution in [2.24, 2.45) is 0 Å². The molecule has 0 bridgehead atoms. The molecule has 3 heterocycles. The van der Waals surface area contributed by atoms with Gasteiger partial charge in [0.2, 0.25) is 6.79 Å². The van der Waals surface area contributed by atoms with Gasteiger partial charge in [-0.15, -0.1) is 11.3 Å². The van der Waals surface area contributed by atoms with E-state index < -0.39 is 0 Å². The van der Waals surface area contributed by atoms with Crippen LogP contribution >= 0.6 is 22.9 Å². The summed E-state index contributed by atoms with van der Waals surface area (Å²) in [6.45, 7) is 2.43. The number of anilines is 1. The first kappa shape index (κ1) is 23.1. The van der Waals surface area contributed by atoms with Crippen LogP contribution in [0, 0.1) is 0 Å². The van der Waals surface area contributed by atoms with Crippen molar-refractivity contribution in [3.8, 4) is 11.5 Å². The number of likely N-dealkylation sites (tertiary alicyclic amines) is 1. The van der Waals surface area contributed by atoms with Crippen molar-refractivity contribution in [3.63, 3.8) is 0 Å². The van der Waals surface area contributed by atoms with E-state index in [0.717, 1.165) is 53.0 Å². The number of rotatable bonds is 9. The molecule has 2 atom stereocenters. The Morgan fingerprint density at radius 2 is 2.06 bits per heavy atom.